The van der Waals surface area contributed by atoms with Gasteiger partial charge in [-0.2, -0.15) is 5.26 Å². The molecule has 3 rings (SSSR count). The molecular weight excluding hydrogens is 482 g/mol. The number of unbranched alkanes of at least 4 members (excludes halogenated alkanes) is 4. The first kappa shape index (κ1) is 29.7. The van der Waals surface area contributed by atoms with Crippen molar-refractivity contribution in [3.05, 3.63) is 24.5 Å². The van der Waals surface area contributed by atoms with Crippen molar-refractivity contribution >= 4 is 23.6 Å². The summed E-state index contributed by atoms with van der Waals surface area (Å²) >= 11 is 2.09. The van der Waals surface area contributed by atoms with Gasteiger partial charge in [0.1, 0.15) is 0 Å². The van der Waals surface area contributed by atoms with Crippen molar-refractivity contribution in [2.75, 3.05) is 63.6 Å². The van der Waals surface area contributed by atoms with E-state index in [4.69, 9.17) is 10.00 Å². The molecule has 0 aromatic carbocycles. The summed E-state index contributed by atoms with van der Waals surface area (Å²) in [5, 5.41) is 14.8. The summed E-state index contributed by atoms with van der Waals surface area (Å²) < 4.78 is 8.18. The number of nitrogens with zero attached hydrogens (tertiary/aromatic N) is 5. The van der Waals surface area contributed by atoms with Gasteiger partial charge in [0.15, 0.2) is 6.19 Å². The van der Waals surface area contributed by atoms with Gasteiger partial charge in [-0.25, -0.2) is 0 Å². The Morgan fingerprint density at radius 1 is 1.08 bits per heavy atom. The molecule has 37 heavy (non-hydrogen) atoms. The number of nitrogens with one attached hydrogen (secondary N) is 2. The van der Waals surface area contributed by atoms with Gasteiger partial charge in [-0.05, 0) is 63.1 Å². The molecule has 1 aromatic rings. The molecule has 0 unspecified atom stereocenters. The number of nitriles is 1. The summed E-state index contributed by atoms with van der Waals surface area (Å²) in [6, 6.07) is 3.71. The van der Waals surface area contributed by atoms with E-state index >= 15 is 0 Å². The highest BCUT2D eigenvalue weighted by Crippen LogP contribution is 2.27. The molecule has 0 bridgehead atoms. The van der Waals surface area contributed by atoms with E-state index in [1.165, 1.54) is 89.6 Å². The molecule has 8 nitrogen and oxygen atoms in total. The summed E-state index contributed by atoms with van der Waals surface area (Å²) in [6.45, 7) is 8.43. The number of guanidine groups is 1. The van der Waals surface area contributed by atoms with Gasteiger partial charge in [0.2, 0.25) is 5.96 Å². The Morgan fingerprint density at radius 3 is 2.65 bits per heavy atom. The topological polar surface area (TPSA) is 88.8 Å². The Balaban J connectivity index is 1.28. The highest BCUT2D eigenvalue weighted by molar-refractivity contribution is 7.97. The van der Waals surface area contributed by atoms with Gasteiger partial charge < -0.3 is 10.1 Å². The van der Waals surface area contributed by atoms with Crippen molar-refractivity contribution in [1.29, 1.82) is 5.26 Å². The van der Waals surface area contributed by atoms with Crippen molar-refractivity contribution in [1.82, 2.24) is 19.5 Å². The van der Waals surface area contributed by atoms with E-state index in [-0.39, 0.29) is 0 Å². The van der Waals surface area contributed by atoms with Gasteiger partial charge in [0.05, 0.1) is 13.2 Å². The third kappa shape index (κ3) is 13.5. The minimum Gasteiger partial charge on any atom is -0.379 e. The lowest BCUT2D eigenvalue weighted by Gasteiger charge is -2.30. The minimum absolute atomic E-state index is 0.497. The van der Waals surface area contributed by atoms with E-state index in [2.05, 4.69) is 41.8 Å². The van der Waals surface area contributed by atoms with Crippen molar-refractivity contribution < 1.29 is 4.74 Å². The Hall–Kier alpha value is -1.86. The van der Waals surface area contributed by atoms with Crippen molar-refractivity contribution in [3.8, 4) is 6.19 Å². The van der Waals surface area contributed by atoms with Crippen molar-refractivity contribution in [3.63, 3.8) is 0 Å². The van der Waals surface area contributed by atoms with Crippen LogP contribution in [0.15, 0.2) is 29.5 Å². The number of anilines is 1. The minimum atomic E-state index is 0.497. The maximum atomic E-state index is 8.98. The molecular formula is C28H47N7OS. The lowest BCUT2D eigenvalue weighted by atomic mass is 9.89. The second kappa shape index (κ2) is 19.2. The number of ether oxygens (including phenoxy) is 1. The lowest BCUT2D eigenvalue weighted by molar-refractivity contribution is 0.0370. The molecule has 1 saturated carbocycles. The van der Waals surface area contributed by atoms with Crippen LogP contribution in [-0.4, -0.2) is 78.4 Å². The molecule has 2 fully saturated rings. The third-order valence-corrected chi connectivity index (χ3v) is 8.30. The van der Waals surface area contributed by atoms with Gasteiger partial charge in [-0.15, -0.1) is 0 Å². The van der Waals surface area contributed by atoms with Crippen LogP contribution in [0.4, 0.5) is 5.69 Å². The summed E-state index contributed by atoms with van der Waals surface area (Å²) in [5.41, 5.74) is 0.868. The Kier molecular flexibility index (Phi) is 15.4. The first-order chi connectivity index (χ1) is 18.3. The average molecular weight is 530 g/mol. The van der Waals surface area contributed by atoms with E-state index < -0.39 is 0 Å². The molecule has 0 radical (unpaired) electrons. The van der Waals surface area contributed by atoms with Crippen molar-refractivity contribution in [2.45, 2.75) is 70.6 Å². The van der Waals surface area contributed by atoms with Crippen molar-refractivity contribution in [2.24, 2.45) is 10.9 Å². The quantitative estimate of drug-likeness (QED) is 0.0761. The van der Waals surface area contributed by atoms with Crippen LogP contribution in [0.1, 0.15) is 70.6 Å². The second-order valence-corrected chi connectivity index (χ2v) is 11.3. The molecule has 1 saturated heterocycles. The third-order valence-electron chi connectivity index (χ3n) is 7.14. The number of aliphatic imine (C=N–C) groups is 1. The number of rotatable bonds is 16. The van der Waals surface area contributed by atoms with Crippen LogP contribution in [0.2, 0.25) is 0 Å². The second-order valence-electron chi connectivity index (χ2n) is 10.1. The molecule has 9 heteroatoms. The van der Waals surface area contributed by atoms with E-state index in [0.29, 0.717) is 12.5 Å². The van der Waals surface area contributed by atoms with Gasteiger partial charge in [0, 0.05) is 56.6 Å². The van der Waals surface area contributed by atoms with Crippen LogP contribution in [0.25, 0.3) is 0 Å². The zero-order valence-corrected chi connectivity index (χ0v) is 23.4. The molecule has 1 aliphatic heterocycles. The van der Waals surface area contributed by atoms with E-state index in [0.717, 1.165) is 44.3 Å². The number of aromatic nitrogens is 1. The summed E-state index contributed by atoms with van der Waals surface area (Å²) in [6.07, 6.45) is 19.8. The molecule has 0 amide bonds. The molecule has 206 valence electrons. The Morgan fingerprint density at radius 2 is 1.86 bits per heavy atom. The van der Waals surface area contributed by atoms with Crippen LogP contribution in [0.3, 0.4) is 0 Å². The fraction of sp³-hybridized carbons (Fsp3) is 0.750. The zero-order chi connectivity index (χ0) is 25.8. The molecule has 2 heterocycles. The predicted molar refractivity (Wildman–Crippen MR) is 154 cm³/mol. The van der Waals surface area contributed by atoms with E-state index in [9.17, 15) is 0 Å². The van der Waals surface area contributed by atoms with Crippen LogP contribution in [0, 0.1) is 17.4 Å². The molecule has 1 aliphatic carbocycles. The molecule has 0 atom stereocenters. The van der Waals surface area contributed by atoms with Gasteiger partial charge in [-0.1, -0.05) is 44.1 Å². The van der Waals surface area contributed by atoms with Gasteiger partial charge >= 0.3 is 0 Å². The standard InChI is InChI=1S/C28H47N7OS/c29-25-32-28(33-27-12-15-30-16-13-27)31-14-6-1-2-9-23-37-35(24-26-10-4-3-5-11-26)18-8-7-17-34-19-21-36-22-20-34/h12-13,15-16,26H,1-11,14,17-24H2,(H2,30,31,32,33). The summed E-state index contributed by atoms with van der Waals surface area (Å²) in [4.78, 5) is 11.1. The largest absolute Gasteiger partial charge is 0.379 e. The van der Waals surface area contributed by atoms with Crippen LogP contribution in [-0.2, 0) is 4.74 Å². The highest BCUT2D eigenvalue weighted by Gasteiger charge is 2.18. The number of hydrogen-bond acceptors (Lipinski definition) is 7. The normalized spacial score (nSPS) is 17.6. The number of pyridine rings is 1. The van der Waals surface area contributed by atoms with Gasteiger partial charge in [-0.3, -0.25) is 24.5 Å². The lowest BCUT2D eigenvalue weighted by Crippen LogP contribution is -2.37. The Labute approximate surface area is 228 Å². The molecule has 2 aliphatic rings. The van der Waals surface area contributed by atoms with E-state index in [1.807, 2.05) is 18.3 Å². The fourth-order valence-corrected chi connectivity index (χ4v) is 6.17. The van der Waals surface area contributed by atoms with Crippen LogP contribution >= 0.6 is 11.9 Å². The highest BCUT2D eigenvalue weighted by atomic mass is 32.2. The molecule has 2 N–H and O–H groups in total. The fourth-order valence-electron chi connectivity index (χ4n) is 5.00. The van der Waals surface area contributed by atoms with E-state index in [1.54, 1.807) is 12.4 Å². The first-order valence-corrected chi connectivity index (χ1v) is 15.3. The number of morpholine rings is 1. The smallest absolute Gasteiger partial charge is 0.209 e. The summed E-state index contributed by atoms with van der Waals surface area (Å²) in [7, 11) is 0. The molecule has 0 spiro atoms. The maximum absolute atomic E-state index is 8.98. The monoisotopic (exact) mass is 529 g/mol. The average Bonchev–Trinajstić information content (AvgIpc) is 2.94. The maximum Gasteiger partial charge on any atom is 0.209 e. The predicted octanol–water partition coefficient (Wildman–Crippen LogP) is 5.12. The first-order valence-electron chi connectivity index (χ1n) is 14.4. The number of hydrogen-bond donors (Lipinski definition) is 2. The zero-order valence-electron chi connectivity index (χ0n) is 22.6. The van der Waals surface area contributed by atoms with Gasteiger partial charge in [0.25, 0.3) is 0 Å². The molecule has 1 aromatic heterocycles. The Bertz CT molecular complexity index is 776. The SMILES string of the molecule is N#CNC(=NCCCCCCSN(CCCCN1CCOCC1)CC1CCCCC1)Nc1ccncc1. The summed E-state index contributed by atoms with van der Waals surface area (Å²) in [5.74, 6) is 2.61. The van der Waals surface area contributed by atoms with Crippen LogP contribution in [0.5, 0.6) is 0 Å². The van der Waals surface area contributed by atoms with Crippen LogP contribution < -0.4 is 10.6 Å².